The van der Waals surface area contributed by atoms with Gasteiger partial charge in [0.25, 0.3) is 0 Å². The Morgan fingerprint density at radius 2 is 2.14 bits per heavy atom. The standard InChI is InChI=1S/C19H27N5O4/c1-5-27-15(25)7-6-10-24-17(21-22-23-24)12-8-9-14-13(11-12)16(20)19(4,26)18(2,3)28-14/h8-9,11,16,26H,5-7,10,20H2,1-4H3/t16-,19+/m1/s1. The Labute approximate surface area is 163 Å². The van der Waals surface area contributed by atoms with Gasteiger partial charge in [-0.25, -0.2) is 4.68 Å². The van der Waals surface area contributed by atoms with E-state index < -0.39 is 17.2 Å². The highest BCUT2D eigenvalue weighted by Crippen LogP contribution is 2.45. The number of aliphatic hydroxyl groups is 1. The molecule has 3 rings (SSSR count). The third kappa shape index (κ3) is 3.59. The van der Waals surface area contributed by atoms with Gasteiger partial charge in [-0.3, -0.25) is 4.79 Å². The van der Waals surface area contributed by atoms with E-state index >= 15 is 0 Å². The molecule has 1 aliphatic rings. The molecule has 2 heterocycles. The number of ether oxygens (including phenoxy) is 2. The summed E-state index contributed by atoms with van der Waals surface area (Å²) in [6, 6.07) is 4.89. The van der Waals surface area contributed by atoms with E-state index in [-0.39, 0.29) is 5.97 Å². The number of nitrogens with zero attached hydrogens (tertiary/aromatic N) is 4. The second kappa shape index (κ2) is 7.48. The molecule has 0 radical (unpaired) electrons. The molecule has 0 bridgehead atoms. The van der Waals surface area contributed by atoms with Gasteiger partial charge < -0.3 is 20.3 Å². The number of hydrogen-bond acceptors (Lipinski definition) is 8. The van der Waals surface area contributed by atoms with Crippen LogP contribution in [-0.2, 0) is 16.1 Å². The molecule has 0 aliphatic carbocycles. The van der Waals surface area contributed by atoms with E-state index in [2.05, 4.69) is 15.5 Å². The Morgan fingerprint density at radius 1 is 1.39 bits per heavy atom. The topological polar surface area (TPSA) is 125 Å². The van der Waals surface area contributed by atoms with Crippen molar-refractivity contribution in [3.8, 4) is 17.1 Å². The summed E-state index contributed by atoms with van der Waals surface area (Å²) in [5.74, 6) is 0.955. The average molecular weight is 389 g/mol. The fourth-order valence-corrected chi connectivity index (χ4v) is 3.25. The molecular weight excluding hydrogens is 362 g/mol. The summed E-state index contributed by atoms with van der Waals surface area (Å²) < 4.78 is 12.6. The van der Waals surface area contributed by atoms with Crippen molar-refractivity contribution in [2.24, 2.45) is 5.73 Å². The molecular formula is C19H27N5O4. The lowest BCUT2D eigenvalue weighted by atomic mass is 9.76. The molecule has 2 aromatic rings. The fourth-order valence-electron chi connectivity index (χ4n) is 3.25. The summed E-state index contributed by atoms with van der Waals surface area (Å²) in [4.78, 5) is 11.5. The quantitative estimate of drug-likeness (QED) is 0.714. The van der Waals surface area contributed by atoms with Crippen molar-refractivity contribution < 1.29 is 19.4 Å². The Balaban J connectivity index is 1.83. The third-order valence-corrected chi connectivity index (χ3v) is 5.38. The van der Waals surface area contributed by atoms with Crippen LogP contribution in [0.1, 0.15) is 52.1 Å². The van der Waals surface area contributed by atoms with Gasteiger partial charge in [0, 0.05) is 24.1 Å². The smallest absolute Gasteiger partial charge is 0.305 e. The van der Waals surface area contributed by atoms with Crippen LogP contribution >= 0.6 is 0 Å². The molecule has 0 spiro atoms. The van der Waals surface area contributed by atoms with Gasteiger partial charge in [0.1, 0.15) is 17.0 Å². The first kappa shape index (κ1) is 20.2. The molecule has 152 valence electrons. The Hall–Kier alpha value is -2.52. The SMILES string of the molecule is CCOC(=O)CCCn1nnnc1-c1ccc2c(c1)[C@@H](N)[C@](C)(O)C(C)(C)O2. The highest BCUT2D eigenvalue weighted by molar-refractivity contribution is 5.69. The molecule has 0 saturated carbocycles. The van der Waals surface area contributed by atoms with Crippen LogP contribution < -0.4 is 10.5 Å². The number of aromatic nitrogens is 4. The summed E-state index contributed by atoms with van der Waals surface area (Å²) >= 11 is 0. The van der Waals surface area contributed by atoms with Crippen molar-refractivity contribution >= 4 is 5.97 Å². The number of esters is 1. The number of benzene rings is 1. The van der Waals surface area contributed by atoms with E-state index in [1.807, 2.05) is 32.0 Å². The normalized spacial score (nSPS) is 23.0. The van der Waals surface area contributed by atoms with E-state index in [0.717, 1.165) is 5.56 Å². The largest absolute Gasteiger partial charge is 0.484 e. The van der Waals surface area contributed by atoms with Crippen LogP contribution in [-0.4, -0.2) is 49.1 Å². The molecule has 28 heavy (non-hydrogen) atoms. The van der Waals surface area contributed by atoms with E-state index in [1.165, 1.54) is 0 Å². The zero-order valence-corrected chi connectivity index (χ0v) is 16.7. The summed E-state index contributed by atoms with van der Waals surface area (Å²) in [7, 11) is 0. The third-order valence-electron chi connectivity index (χ3n) is 5.38. The van der Waals surface area contributed by atoms with Crippen molar-refractivity contribution in [1.82, 2.24) is 20.2 Å². The Morgan fingerprint density at radius 3 is 2.86 bits per heavy atom. The lowest BCUT2D eigenvalue weighted by molar-refractivity contribution is -0.143. The highest BCUT2D eigenvalue weighted by Gasteiger charge is 2.51. The summed E-state index contributed by atoms with van der Waals surface area (Å²) in [5.41, 5.74) is 5.75. The Kier molecular flexibility index (Phi) is 5.40. The highest BCUT2D eigenvalue weighted by atomic mass is 16.5. The van der Waals surface area contributed by atoms with Gasteiger partial charge in [0.05, 0.1) is 12.6 Å². The van der Waals surface area contributed by atoms with Gasteiger partial charge in [0.2, 0.25) is 0 Å². The van der Waals surface area contributed by atoms with Gasteiger partial charge in [-0.1, -0.05) is 0 Å². The number of carbonyl (C=O) groups excluding carboxylic acids is 1. The first-order valence-corrected chi connectivity index (χ1v) is 9.40. The fraction of sp³-hybridized carbons (Fsp3) is 0.579. The zero-order chi connectivity index (χ0) is 20.5. The number of aryl methyl sites for hydroxylation is 1. The predicted octanol–water partition coefficient (Wildman–Crippen LogP) is 1.61. The van der Waals surface area contributed by atoms with E-state index in [9.17, 15) is 9.90 Å². The van der Waals surface area contributed by atoms with E-state index in [0.29, 0.717) is 43.1 Å². The van der Waals surface area contributed by atoms with Gasteiger partial charge in [-0.15, -0.1) is 5.10 Å². The van der Waals surface area contributed by atoms with Crippen molar-refractivity contribution in [1.29, 1.82) is 0 Å². The molecule has 1 aromatic carbocycles. The van der Waals surface area contributed by atoms with Crippen molar-refractivity contribution in [3.05, 3.63) is 23.8 Å². The minimum atomic E-state index is -1.25. The zero-order valence-electron chi connectivity index (χ0n) is 16.7. The van der Waals surface area contributed by atoms with Crippen molar-refractivity contribution in [2.45, 2.75) is 64.3 Å². The van der Waals surface area contributed by atoms with Crippen LogP contribution in [0.2, 0.25) is 0 Å². The maximum atomic E-state index is 11.5. The van der Waals surface area contributed by atoms with E-state index in [4.69, 9.17) is 15.2 Å². The molecule has 9 heteroatoms. The van der Waals surface area contributed by atoms with Gasteiger partial charge in [-0.05, 0) is 62.7 Å². The minimum absolute atomic E-state index is 0.237. The van der Waals surface area contributed by atoms with Crippen LogP contribution in [0.3, 0.4) is 0 Å². The van der Waals surface area contributed by atoms with Gasteiger partial charge in [0.15, 0.2) is 5.82 Å². The van der Waals surface area contributed by atoms with Crippen LogP contribution in [0.4, 0.5) is 0 Å². The van der Waals surface area contributed by atoms with Crippen molar-refractivity contribution in [2.75, 3.05) is 6.61 Å². The van der Waals surface area contributed by atoms with Gasteiger partial charge in [-0.2, -0.15) is 0 Å². The Bertz CT molecular complexity index is 862. The van der Waals surface area contributed by atoms with Crippen molar-refractivity contribution in [3.63, 3.8) is 0 Å². The molecule has 2 atom stereocenters. The molecule has 0 amide bonds. The monoisotopic (exact) mass is 389 g/mol. The maximum absolute atomic E-state index is 11.5. The molecule has 0 unspecified atom stereocenters. The predicted molar refractivity (Wildman–Crippen MR) is 101 cm³/mol. The number of hydrogen-bond donors (Lipinski definition) is 2. The second-order valence-electron chi connectivity index (χ2n) is 7.62. The number of nitrogens with two attached hydrogens (primary N) is 1. The molecule has 0 saturated heterocycles. The molecule has 0 fully saturated rings. The molecule has 1 aliphatic heterocycles. The van der Waals surface area contributed by atoms with Crippen LogP contribution in [0.5, 0.6) is 5.75 Å². The first-order valence-electron chi connectivity index (χ1n) is 9.40. The summed E-state index contributed by atoms with van der Waals surface area (Å²) in [5, 5.41) is 22.7. The number of rotatable bonds is 6. The first-order chi connectivity index (χ1) is 13.2. The summed E-state index contributed by atoms with van der Waals surface area (Å²) in [6.07, 6.45) is 0.862. The van der Waals surface area contributed by atoms with Crippen LogP contribution in [0.25, 0.3) is 11.4 Å². The number of fused-ring (bicyclic) bond motifs is 1. The molecule has 1 aromatic heterocycles. The summed E-state index contributed by atoms with van der Waals surface area (Å²) in [6.45, 7) is 7.92. The minimum Gasteiger partial charge on any atom is -0.484 e. The lowest BCUT2D eigenvalue weighted by Crippen LogP contribution is -2.60. The average Bonchev–Trinajstić information content (AvgIpc) is 3.09. The van der Waals surface area contributed by atoms with Gasteiger partial charge >= 0.3 is 5.97 Å². The lowest BCUT2D eigenvalue weighted by Gasteiger charge is -2.48. The number of tetrazole rings is 1. The molecule has 9 nitrogen and oxygen atoms in total. The van der Waals surface area contributed by atoms with Crippen LogP contribution in [0.15, 0.2) is 18.2 Å². The maximum Gasteiger partial charge on any atom is 0.305 e. The number of carbonyl (C=O) groups is 1. The van der Waals surface area contributed by atoms with Crippen LogP contribution in [0, 0.1) is 0 Å². The molecule has 3 N–H and O–H groups in total. The van der Waals surface area contributed by atoms with E-state index in [1.54, 1.807) is 18.5 Å². The second-order valence-corrected chi connectivity index (χ2v) is 7.62.